The average molecular weight is 430 g/mol. The summed E-state index contributed by atoms with van der Waals surface area (Å²) < 4.78 is 25.6. The van der Waals surface area contributed by atoms with Crippen LogP contribution in [0.5, 0.6) is 0 Å². The molecular weight excluding hydrogens is 398 g/mol. The van der Waals surface area contributed by atoms with Gasteiger partial charge in [0.2, 0.25) is 5.91 Å². The van der Waals surface area contributed by atoms with Crippen molar-refractivity contribution >= 4 is 27.6 Å². The minimum Gasteiger partial charge on any atom is -0.307 e. The fraction of sp³-hybridized carbons (Fsp3) is 0.478. The summed E-state index contributed by atoms with van der Waals surface area (Å²) in [5.74, 6) is 0.476. The summed E-state index contributed by atoms with van der Waals surface area (Å²) in [5, 5.41) is 7.55. The van der Waals surface area contributed by atoms with Crippen molar-refractivity contribution in [3.8, 4) is 0 Å². The summed E-state index contributed by atoms with van der Waals surface area (Å²) in [6, 6.07) is 5.77. The van der Waals surface area contributed by atoms with Gasteiger partial charge in [0, 0.05) is 17.6 Å². The fourth-order valence-electron chi connectivity index (χ4n) is 3.60. The normalized spacial score (nSPS) is 18.8. The van der Waals surface area contributed by atoms with Gasteiger partial charge in [-0.3, -0.25) is 4.79 Å². The molecule has 0 bridgehead atoms. The van der Waals surface area contributed by atoms with Crippen molar-refractivity contribution in [3.05, 3.63) is 52.2 Å². The first kappa shape index (κ1) is 22.3. The van der Waals surface area contributed by atoms with Crippen LogP contribution in [0.3, 0.4) is 0 Å². The molecule has 3 rings (SSSR count). The van der Waals surface area contributed by atoms with Crippen LogP contribution in [0.25, 0.3) is 6.08 Å². The van der Waals surface area contributed by atoms with Gasteiger partial charge in [-0.1, -0.05) is 32.9 Å². The third-order valence-corrected chi connectivity index (χ3v) is 7.36. The van der Waals surface area contributed by atoms with Gasteiger partial charge in [-0.25, -0.2) is 13.1 Å². The minimum atomic E-state index is -3.06. The largest absolute Gasteiger partial charge is 0.307 e. The summed E-state index contributed by atoms with van der Waals surface area (Å²) in [7, 11) is -3.06. The zero-order valence-electron chi connectivity index (χ0n) is 18.6. The number of carbonyl (C=O) groups is 1. The van der Waals surface area contributed by atoms with Crippen LogP contribution in [0, 0.1) is 20.8 Å². The maximum atomic E-state index is 12.6. The van der Waals surface area contributed by atoms with Crippen LogP contribution >= 0.6 is 0 Å². The van der Waals surface area contributed by atoms with E-state index in [1.807, 2.05) is 39.8 Å². The van der Waals surface area contributed by atoms with Gasteiger partial charge in [0.25, 0.3) is 0 Å². The Bertz CT molecular complexity index is 1110. The summed E-state index contributed by atoms with van der Waals surface area (Å²) in [4.78, 5) is 12.6. The molecule has 1 atom stereocenters. The van der Waals surface area contributed by atoms with Gasteiger partial charge in [0.1, 0.15) is 5.82 Å². The molecule has 0 saturated carbocycles. The lowest BCUT2D eigenvalue weighted by molar-refractivity contribution is -0.111. The van der Waals surface area contributed by atoms with Gasteiger partial charge in [0.05, 0.1) is 23.2 Å². The van der Waals surface area contributed by atoms with E-state index in [0.29, 0.717) is 12.2 Å². The van der Waals surface area contributed by atoms with Crippen molar-refractivity contribution in [2.45, 2.75) is 59.4 Å². The molecule has 2 aromatic rings. The Kier molecular flexibility index (Phi) is 5.96. The van der Waals surface area contributed by atoms with E-state index in [1.165, 1.54) is 17.2 Å². The number of anilines is 1. The third-order valence-electron chi connectivity index (χ3n) is 5.61. The second-order valence-electron chi connectivity index (χ2n) is 9.28. The molecule has 30 heavy (non-hydrogen) atoms. The zero-order valence-corrected chi connectivity index (χ0v) is 19.4. The molecule has 1 aliphatic rings. The molecule has 1 aromatic carbocycles. The van der Waals surface area contributed by atoms with Crippen LogP contribution in [0.15, 0.2) is 24.3 Å². The Morgan fingerprint density at radius 1 is 1.13 bits per heavy atom. The molecule has 2 heterocycles. The number of sulfone groups is 1. The predicted octanol–water partition coefficient (Wildman–Crippen LogP) is 4.12. The first-order chi connectivity index (χ1) is 13.9. The number of benzene rings is 1. The number of hydrogen-bond donors (Lipinski definition) is 1. The lowest BCUT2D eigenvalue weighted by atomic mass is 9.92. The van der Waals surface area contributed by atoms with Gasteiger partial charge in [-0.2, -0.15) is 5.10 Å². The SMILES string of the molecule is Cc1cc(C)c(/C=C/C(=O)Nc2cc(C(C)(C)C)nn2C2CCS(=O)(=O)C2)cc1C. The van der Waals surface area contributed by atoms with E-state index < -0.39 is 9.84 Å². The van der Waals surface area contributed by atoms with Crippen molar-refractivity contribution in [3.63, 3.8) is 0 Å². The van der Waals surface area contributed by atoms with Crippen LogP contribution in [0.1, 0.15) is 61.2 Å². The summed E-state index contributed by atoms with van der Waals surface area (Å²) in [6.45, 7) is 12.3. The lowest BCUT2D eigenvalue weighted by Crippen LogP contribution is -2.19. The molecule has 1 aliphatic heterocycles. The van der Waals surface area contributed by atoms with Crippen LogP contribution < -0.4 is 5.32 Å². The van der Waals surface area contributed by atoms with Gasteiger partial charge in [0.15, 0.2) is 9.84 Å². The van der Waals surface area contributed by atoms with E-state index in [0.717, 1.165) is 16.8 Å². The van der Waals surface area contributed by atoms with Gasteiger partial charge < -0.3 is 5.32 Å². The highest BCUT2D eigenvalue weighted by molar-refractivity contribution is 7.91. The highest BCUT2D eigenvalue weighted by Gasteiger charge is 2.32. The van der Waals surface area contributed by atoms with E-state index in [4.69, 9.17) is 0 Å². The van der Waals surface area contributed by atoms with E-state index >= 15 is 0 Å². The van der Waals surface area contributed by atoms with Gasteiger partial charge >= 0.3 is 0 Å². The molecule has 1 fully saturated rings. The maximum Gasteiger partial charge on any atom is 0.249 e. The molecule has 1 unspecified atom stereocenters. The summed E-state index contributed by atoms with van der Waals surface area (Å²) in [6.07, 6.45) is 3.83. The van der Waals surface area contributed by atoms with E-state index in [9.17, 15) is 13.2 Å². The van der Waals surface area contributed by atoms with Crippen molar-refractivity contribution in [1.82, 2.24) is 9.78 Å². The molecule has 1 aromatic heterocycles. The molecule has 1 amide bonds. The predicted molar refractivity (Wildman–Crippen MR) is 122 cm³/mol. The third kappa shape index (κ3) is 5.01. The number of carbonyl (C=O) groups excluding carboxylic acids is 1. The molecule has 1 saturated heterocycles. The van der Waals surface area contributed by atoms with E-state index in [1.54, 1.807) is 4.68 Å². The fourth-order valence-corrected chi connectivity index (χ4v) is 5.29. The molecule has 1 N–H and O–H groups in total. The molecule has 7 heteroatoms. The highest BCUT2D eigenvalue weighted by atomic mass is 32.2. The van der Waals surface area contributed by atoms with E-state index in [-0.39, 0.29) is 28.9 Å². The Hall–Kier alpha value is -2.41. The average Bonchev–Trinajstić information content (AvgIpc) is 3.19. The quantitative estimate of drug-likeness (QED) is 0.742. The molecule has 0 aliphatic carbocycles. The number of nitrogens with one attached hydrogen (secondary N) is 1. The standard InChI is InChI=1S/C23H31N3O3S/c1-15-11-17(3)18(12-16(15)2)7-8-22(27)24-21-13-20(23(4,5)6)25-26(21)19-9-10-30(28,29)14-19/h7-8,11-13,19H,9-10,14H2,1-6H3,(H,24,27)/b8-7+. The van der Waals surface area contributed by atoms with Crippen molar-refractivity contribution in [2.75, 3.05) is 16.8 Å². The number of hydrogen-bond acceptors (Lipinski definition) is 4. The summed E-state index contributed by atoms with van der Waals surface area (Å²) >= 11 is 0. The van der Waals surface area contributed by atoms with Crippen molar-refractivity contribution in [1.29, 1.82) is 0 Å². The number of aromatic nitrogens is 2. The Labute approximate surface area is 179 Å². The van der Waals surface area contributed by atoms with Crippen LogP contribution in [0.2, 0.25) is 0 Å². The molecule has 162 valence electrons. The van der Waals surface area contributed by atoms with Crippen LogP contribution in [-0.4, -0.2) is 35.6 Å². The number of rotatable bonds is 4. The first-order valence-corrected chi connectivity index (χ1v) is 12.1. The Balaban J connectivity index is 1.85. The molecule has 0 radical (unpaired) electrons. The second-order valence-corrected chi connectivity index (χ2v) is 11.5. The van der Waals surface area contributed by atoms with Crippen LogP contribution in [0.4, 0.5) is 5.82 Å². The minimum absolute atomic E-state index is 0.0544. The second kappa shape index (κ2) is 8.02. The topological polar surface area (TPSA) is 81.1 Å². The smallest absolute Gasteiger partial charge is 0.249 e. The lowest BCUT2D eigenvalue weighted by Gasteiger charge is -2.15. The number of amides is 1. The van der Waals surface area contributed by atoms with Crippen molar-refractivity contribution < 1.29 is 13.2 Å². The van der Waals surface area contributed by atoms with E-state index in [2.05, 4.69) is 36.4 Å². The number of nitrogens with zero attached hydrogens (tertiary/aromatic N) is 2. The summed E-state index contributed by atoms with van der Waals surface area (Å²) in [5.41, 5.74) is 5.11. The zero-order chi connectivity index (χ0) is 22.3. The molecule has 0 spiro atoms. The molecule has 6 nitrogen and oxygen atoms in total. The van der Waals surface area contributed by atoms with Crippen LogP contribution in [-0.2, 0) is 20.0 Å². The Morgan fingerprint density at radius 3 is 2.40 bits per heavy atom. The highest BCUT2D eigenvalue weighted by Crippen LogP contribution is 2.31. The van der Waals surface area contributed by atoms with Crippen molar-refractivity contribution in [2.24, 2.45) is 0 Å². The number of aryl methyl sites for hydroxylation is 3. The first-order valence-electron chi connectivity index (χ1n) is 10.2. The monoisotopic (exact) mass is 429 g/mol. The van der Waals surface area contributed by atoms with Gasteiger partial charge in [-0.05, 0) is 55.5 Å². The molecular formula is C23H31N3O3S. The van der Waals surface area contributed by atoms with Gasteiger partial charge in [-0.15, -0.1) is 0 Å². The maximum absolute atomic E-state index is 12.6. The Morgan fingerprint density at radius 2 is 1.80 bits per heavy atom.